The summed E-state index contributed by atoms with van der Waals surface area (Å²) < 4.78 is 37.6. The van der Waals surface area contributed by atoms with Crippen LogP contribution in [0.5, 0.6) is 0 Å². The highest BCUT2D eigenvalue weighted by molar-refractivity contribution is 5.46. The maximum Gasteiger partial charge on any atom is 0.405 e. The summed E-state index contributed by atoms with van der Waals surface area (Å²) in [6.45, 7) is 1.73. The van der Waals surface area contributed by atoms with Crippen molar-refractivity contribution in [2.45, 2.75) is 26.1 Å². The summed E-state index contributed by atoms with van der Waals surface area (Å²) in [5, 5.41) is 2.94. The number of nitrogens with one attached hydrogen (secondary N) is 1. The Hall–Kier alpha value is -1.30. The van der Waals surface area contributed by atoms with Crippen LogP contribution < -0.4 is 10.2 Å². The Balaban J connectivity index is 2.97. The number of rotatable bonds is 6. The van der Waals surface area contributed by atoms with Gasteiger partial charge in [0.1, 0.15) is 12.4 Å². The number of anilines is 1. The molecule has 0 unspecified atom stereocenters. The first-order chi connectivity index (χ1) is 8.48. The molecule has 0 atom stereocenters. The summed E-state index contributed by atoms with van der Waals surface area (Å²) in [5.41, 5.74) is 0.776. The molecule has 1 N–H and O–H groups in total. The number of pyridine rings is 1. The first-order valence-electron chi connectivity index (χ1n) is 5.88. The molecule has 0 bridgehead atoms. The van der Waals surface area contributed by atoms with Gasteiger partial charge in [-0.1, -0.05) is 13.0 Å². The fraction of sp³-hybridized carbons (Fsp3) is 0.583. The summed E-state index contributed by atoms with van der Waals surface area (Å²) in [4.78, 5) is 5.37. The summed E-state index contributed by atoms with van der Waals surface area (Å²) in [6, 6.07) is 3.52. The minimum atomic E-state index is -4.22. The number of hydrogen-bond acceptors (Lipinski definition) is 3. The lowest BCUT2D eigenvalue weighted by Crippen LogP contribution is -2.36. The molecule has 1 rings (SSSR count). The van der Waals surface area contributed by atoms with Crippen LogP contribution >= 0.6 is 0 Å². The number of alkyl halides is 3. The van der Waals surface area contributed by atoms with E-state index in [-0.39, 0.29) is 0 Å². The molecule has 0 radical (unpaired) electrons. The van der Waals surface area contributed by atoms with Crippen molar-refractivity contribution in [2.24, 2.45) is 0 Å². The monoisotopic (exact) mass is 261 g/mol. The Morgan fingerprint density at radius 2 is 2.11 bits per heavy atom. The Bertz CT molecular complexity index is 366. The van der Waals surface area contributed by atoms with Gasteiger partial charge in [-0.25, -0.2) is 4.98 Å². The van der Waals surface area contributed by atoms with Crippen LogP contribution in [0.25, 0.3) is 0 Å². The van der Waals surface area contributed by atoms with Gasteiger partial charge in [0.2, 0.25) is 0 Å². The lowest BCUT2D eigenvalue weighted by atomic mass is 10.2. The predicted octanol–water partition coefficient (Wildman–Crippen LogP) is 2.58. The molecular weight excluding hydrogens is 243 g/mol. The van der Waals surface area contributed by atoms with Crippen LogP contribution in [-0.4, -0.2) is 31.3 Å². The van der Waals surface area contributed by atoms with Crippen molar-refractivity contribution >= 4 is 5.82 Å². The van der Waals surface area contributed by atoms with Gasteiger partial charge in [-0.2, -0.15) is 13.2 Å². The van der Waals surface area contributed by atoms with Gasteiger partial charge in [-0.15, -0.1) is 0 Å². The van der Waals surface area contributed by atoms with Crippen LogP contribution in [0.15, 0.2) is 18.3 Å². The normalized spacial score (nSPS) is 11.6. The molecular formula is C12H18F3N3. The van der Waals surface area contributed by atoms with E-state index in [1.165, 1.54) is 11.1 Å². The summed E-state index contributed by atoms with van der Waals surface area (Å²) in [5.74, 6) is 0.408. The minimum absolute atomic E-state index is 0.341. The Labute approximate surface area is 105 Å². The average molecular weight is 261 g/mol. The van der Waals surface area contributed by atoms with E-state index >= 15 is 0 Å². The summed E-state index contributed by atoms with van der Waals surface area (Å²) in [7, 11) is 1.75. The predicted molar refractivity (Wildman–Crippen MR) is 65.6 cm³/mol. The first kappa shape index (κ1) is 14.8. The highest BCUT2D eigenvalue weighted by Gasteiger charge is 2.31. The van der Waals surface area contributed by atoms with Gasteiger partial charge in [-0.05, 0) is 19.5 Å². The molecule has 0 aromatic carbocycles. The summed E-state index contributed by atoms with van der Waals surface area (Å²) >= 11 is 0. The Kier molecular flexibility index (Phi) is 5.40. The zero-order valence-corrected chi connectivity index (χ0v) is 10.6. The standard InChI is InChI=1S/C12H18F3N3/c1-3-7-18(9-12(13,14)15)11-10(8-16-2)5-4-6-17-11/h4-6,16H,3,7-9H2,1-2H3. The molecule has 18 heavy (non-hydrogen) atoms. The second-order valence-corrected chi connectivity index (χ2v) is 4.05. The Morgan fingerprint density at radius 3 is 2.67 bits per heavy atom. The SMILES string of the molecule is CCCN(CC(F)(F)F)c1ncccc1CNC. The van der Waals surface area contributed by atoms with E-state index in [0.29, 0.717) is 25.3 Å². The van der Waals surface area contributed by atoms with E-state index in [0.717, 1.165) is 5.56 Å². The number of hydrogen-bond donors (Lipinski definition) is 1. The molecule has 0 spiro atoms. The van der Waals surface area contributed by atoms with Gasteiger partial charge in [-0.3, -0.25) is 0 Å². The lowest BCUT2D eigenvalue weighted by Gasteiger charge is -2.26. The summed E-state index contributed by atoms with van der Waals surface area (Å²) in [6.07, 6.45) is -2.05. The molecule has 0 aliphatic heterocycles. The fourth-order valence-corrected chi connectivity index (χ4v) is 1.79. The van der Waals surface area contributed by atoms with E-state index < -0.39 is 12.7 Å². The molecule has 6 heteroatoms. The van der Waals surface area contributed by atoms with Gasteiger partial charge < -0.3 is 10.2 Å². The third-order valence-corrected chi connectivity index (χ3v) is 2.40. The highest BCUT2D eigenvalue weighted by Crippen LogP contribution is 2.23. The zero-order valence-electron chi connectivity index (χ0n) is 10.6. The third-order valence-electron chi connectivity index (χ3n) is 2.40. The lowest BCUT2D eigenvalue weighted by molar-refractivity contribution is -0.119. The second kappa shape index (κ2) is 6.58. The van der Waals surface area contributed by atoms with Crippen LogP contribution in [-0.2, 0) is 6.54 Å². The molecule has 0 aliphatic rings. The van der Waals surface area contributed by atoms with Crippen molar-refractivity contribution in [3.05, 3.63) is 23.9 Å². The van der Waals surface area contributed by atoms with Crippen molar-refractivity contribution < 1.29 is 13.2 Å². The molecule has 0 amide bonds. The second-order valence-electron chi connectivity index (χ2n) is 4.05. The first-order valence-corrected chi connectivity index (χ1v) is 5.88. The maximum absolute atomic E-state index is 12.5. The van der Waals surface area contributed by atoms with Crippen molar-refractivity contribution in [1.82, 2.24) is 10.3 Å². The molecule has 0 saturated carbocycles. The molecule has 1 aromatic rings. The van der Waals surface area contributed by atoms with Crippen molar-refractivity contribution in [3.8, 4) is 0 Å². The van der Waals surface area contributed by atoms with Crippen LogP contribution in [0.3, 0.4) is 0 Å². The van der Waals surface area contributed by atoms with Gasteiger partial charge >= 0.3 is 6.18 Å². The van der Waals surface area contributed by atoms with Gasteiger partial charge in [0, 0.05) is 24.8 Å². The molecule has 0 saturated heterocycles. The van der Waals surface area contributed by atoms with Crippen LogP contribution in [0, 0.1) is 0 Å². The molecule has 1 heterocycles. The third kappa shape index (κ3) is 4.52. The smallest absolute Gasteiger partial charge is 0.347 e. The van der Waals surface area contributed by atoms with Crippen molar-refractivity contribution in [3.63, 3.8) is 0 Å². The molecule has 3 nitrogen and oxygen atoms in total. The highest BCUT2D eigenvalue weighted by atomic mass is 19.4. The zero-order chi connectivity index (χ0) is 13.6. The maximum atomic E-state index is 12.5. The average Bonchev–Trinajstić information content (AvgIpc) is 2.28. The number of nitrogens with zero attached hydrogens (tertiary/aromatic N) is 2. The van der Waals surface area contributed by atoms with E-state index in [1.807, 2.05) is 6.92 Å². The van der Waals surface area contributed by atoms with Crippen molar-refractivity contribution in [2.75, 3.05) is 25.0 Å². The number of halogens is 3. The van der Waals surface area contributed by atoms with Crippen molar-refractivity contribution in [1.29, 1.82) is 0 Å². The largest absolute Gasteiger partial charge is 0.405 e. The van der Waals surface area contributed by atoms with Crippen LogP contribution in [0.1, 0.15) is 18.9 Å². The fourth-order valence-electron chi connectivity index (χ4n) is 1.79. The van der Waals surface area contributed by atoms with Gasteiger partial charge in [0.05, 0.1) is 0 Å². The molecule has 0 aliphatic carbocycles. The van der Waals surface area contributed by atoms with E-state index in [2.05, 4.69) is 10.3 Å². The number of aromatic nitrogens is 1. The topological polar surface area (TPSA) is 28.2 Å². The molecule has 102 valence electrons. The van der Waals surface area contributed by atoms with E-state index in [1.54, 1.807) is 19.2 Å². The Morgan fingerprint density at radius 1 is 1.39 bits per heavy atom. The molecule has 0 fully saturated rings. The quantitative estimate of drug-likeness (QED) is 0.853. The van der Waals surface area contributed by atoms with E-state index in [4.69, 9.17) is 0 Å². The van der Waals surface area contributed by atoms with Crippen LogP contribution in [0.4, 0.5) is 19.0 Å². The van der Waals surface area contributed by atoms with Gasteiger partial charge in [0.15, 0.2) is 0 Å². The van der Waals surface area contributed by atoms with Gasteiger partial charge in [0.25, 0.3) is 0 Å². The molecule has 1 aromatic heterocycles. The minimum Gasteiger partial charge on any atom is -0.347 e. The van der Waals surface area contributed by atoms with Crippen LogP contribution in [0.2, 0.25) is 0 Å². The van der Waals surface area contributed by atoms with E-state index in [9.17, 15) is 13.2 Å².